The normalized spacial score (nSPS) is 10.8. The van der Waals surface area contributed by atoms with E-state index in [1.165, 1.54) is 5.56 Å². The van der Waals surface area contributed by atoms with Crippen LogP contribution in [0.2, 0.25) is 0 Å². The molecule has 0 saturated heterocycles. The van der Waals surface area contributed by atoms with Gasteiger partial charge in [-0.25, -0.2) is 0 Å². The minimum atomic E-state index is 0.819. The fourth-order valence-corrected chi connectivity index (χ4v) is 2.56. The first-order valence-corrected chi connectivity index (χ1v) is 7.27. The summed E-state index contributed by atoms with van der Waals surface area (Å²) in [5.41, 5.74) is 9.37. The summed E-state index contributed by atoms with van der Waals surface area (Å²) in [5.74, 6) is 1.03. The summed E-state index contributed by atoms with van der Waals surface area (Å²) in [7, 11) is 1.97. The Kier molecular flexibility index (Phi) is 4.66. The van der Waals surface area contributed by atoms with Gasteiger partial charge >= 0.3 is 0 Å². The van der Waals surface area contributed by atoms with Gasteiger partial charge in [0.05, 0.1) is 11.4 Å². The molecule has 1 heterocycles. The zero-order chi connectivity index (χ0) is 14.5. The second-order valence-electron chi connectivity index (χ2n) is 5.07. The molecule has 0 atom stereocenters. The molecule has 0 spiro atoms. The molecule has 0 aliphatic carbocycles. The van der Waals surface area contributed by atoms with Gasteiger partial charge in [0.1, 0.15) is 0 Å². The summed E-state index contributed by atoms with van der Waals surface area (Å²) in [5, 5.41) is 4.52. The molecule has 1 aromatic carbocycles. The lowest BCUT2D eigenvalue weighted by molar-refractivity contribution is 0.683. The van der Waals surface area contributed by atoms with Crippen LogP contribution in [0.4, 0.5) is 11.5 Å². The van der Waals surface area contributed by atoms with Gasteiger partial charge in [-0.15, -0.1) is 0 Å². The minimum absolute atomic E-state index is 0.819. The van der Waals surface area contributed by atoms with Crippen LogP contribution in [0, 0.1) is 0 Å². The molecule has 4 heteroatoms. The van der Waals surface area contributed by atoms with Crippen molar-refractivity contribution in [2.75, 3.05) is 17.2 Å². The Hall–Kier alpha value is -1.97. The van der Waals surface area contributed by atoms with Gasteiger partial charge in [-0.05, 0) is 18.4 Å². The molecule has 2 aromatic rings. The summed E-state index contributed by atoms with van der Waals surface area (Å²) in [6, 6.07) is 10.5. The van der Waals surface area contributed by atoms with Crippen molar-refractivity contribution >= 4 is 11.5 Å². The Labute approximate surface area is 121 Å². The molecule has 0 aliphatic heterocycles. The first kappa shape index (κ1) is 14.4. The van der Waals surface area contributed by atoms with Crippen molar-refractivity contribution in [3.8, 4) is 0 Å². The van der Waals surface area contributed by atoms with E-state index in [0.29, 0.717) is 0 Å². The van der Waals surface area contributed by atoms with E-state index in [0.717, 1.165) is 43.1 Å². The number of aryl methyl sites for hydroxylation is 2. The highest BCUT2D eigenvalue weighted by molar-refractivity contribution is 5.66. The van der Waals surface area contributed by atoms with E-state index in [9.17, 15) is 0 Å². The maximum Gasteiger partial charge on any atom is 0.150 e. The van der Waals surface area contributed by atoms with Gasteiger partial charge < -0.3 is 10.6 Å². The molecular formula is C16H24N4. The second kappa shape index (κ2) is 6.46. The summed E-state index contributed by atoms with van der Waals surface area (Å²) in [6.45, 7) is 6.11. The third-order valence-corrected chi connectivity index (χ3v) is 3.47. The van der Waals surface area contributed by atoms with Gasteiger partial charge in [0.15, 0.2) is 5.82 Å². The summed E-state index contributed by atoms with van der Waals surface area (Å²) in [4.78, 5) is 2.32. The summed E-state index contributed by atoms with van der Waals surface area (Å²) >= 11 is 0. The van der Waals surface area contributed by atoms with Crippen molar-refractivity contribution in [1.82, 2.24) is 9.78 Å². The molecule has 0 saturated carbocycles. The third-order valence-electron chi connectivity index (χ3n) is 3.47. The lowest BCUT2D eigenvalue weighted by atomic mass is 10.2. The van der Waals surface area contributed by atoms with Crippen molar-refractivity contribution in [2.24, 2.45) is 7.05 Å². The van der Waals surface area contributed by atoms with Crippen molar-refractivity contribution in [3.63, 3.8) is 0 Å². The Bertz CT molecular complexity index is 545. The maximum atomic E-state index is 6.27. The molecule has 4 nitrogen and oxygen atoms in total. The van der Waals surface area contributed by atoms with E-state index in [1.54, 1.807) is 0 Å². The smallest absolute Gasteiger partial charge is 0.150 e. The first-order valence-electron chi connectivity index (χ1n) is 7.27. The monoisotopic (exact) mass is 272 g/mol. The van der Waals surface area contributed by atoms with Gasteiger partial charge in [0, 0.05) is 20.1 Å². The van der Waals surface area contributed by atoms with E-state index in [4.69, 9.17) is 5.73 Å². The Morgan fingerprint density at radius 2 is 1.90 bits per heavy atom. The fourth-order valence-electron chi connectivity index (χ4n) is 2.56. The number of hydrogen-bond donors (Lipinski definition) is 1. The molecule has 0 bridgehead atoms. The summed E-state index contributed by atoms with van der Waals surface area (Å²) in [6.07, 6.45) is 1.95. The number of nitrogen functional groups attached to an aromatic ring is 1. The first-order chi connectivity index (χ1) is 9.67. The SMILES string of the molecule is CCCN(Cc1ccccc1)c1c(N)c(CC)nn1C. The predicted molar refractivity (Wildman–Crippen MR) is 84.8 cm³/mol. The maximum absolute atomic E-state index is 6.27. The zero-order valence-corrected chi connectivity index (χ0v) is 12.6. The highest BCUT2D eigenvalue weighted by atomic mass is 15.4. The van der Waals surface area contributed by atoms with Crippen LogP contribution >= 0.6 is 0 Å². The van der Waals surface area contributed by atoms with Crippen LogP contribution in [-0.2, 0) is 20.0 Å². The molecule has 0 fully saturated rings. The molecule has 2 N–H and O–H groups in total. The van der Waals surface area contributed by atoms with Crippen LogP contribution in [0.3, 0.4) is 0 Å². The Morgan fingerprint density at radius 3 is 2.45 bits per heavy atom. The van der Waals surface area contributed by atoms with Crippen LogP contribution in [-0.4, -0.2) is 16.3 Å². The van der Waals surface area contributed by atoms with Gasteiger partial charge in [-0.2, -0.15) is 5.10 Å². The average molecular weight is 272 g/mol. The van der Waals surface area contributed by atoms with E-state index in [1.807, 2.05) is 17.8 Å². The molecule has 108 valence electrons. The lowest BCUT2D eigenvalue weighted by Gasteiger charge is -2.25. The van der Waals surface area contributed by atoms with E-state index in [2.05, 4.69) is 48.1 Å². The van der Waals surface area contributed by atoms with Crippen molar-refractivity contribution in [2.45, 2.75) is 33.2 Å². The highest BCUT2D eigenvalue weighted by Crippen LogP contribution is 2.28. The van der Waals surface area contributed by atoms with Gasteiger partial charge in [0.2, 0.25) is 0 Å². The average Bonchev–Trinajstić information content (AvgIpc) is 2.74. The summed E-state index contributed by atoms with van der Waals surface area (Å²) < 4.78 is 1.91. The van der Waals surface area contributed by atoms with Gasteiger partial charge in [0.25, 0.3) is 0 Å². The number of nitrogens with two attached hydrogens (primary N) is 1. The molecular weight excluding hydrogens is 248 g/mol. The minimum Gasteiger partial charge on any atom is -0.394 e. The lowest BCUT2D eigenvalue weighted by Crippen LogP contribution is -2.26. The number of aromatic nitrogens is 2. The molecule has 2 rings (SSSR count). The van der Waals surface area contributed by atoms with Crippen LogP contribution in [0.25, 0.3) is 0 Å². The zero-order valence-electron chi connectivity index (χ0n) is 12.6. The van der Waals surface area contributed by atoms with Crippen LogP contribution in [0.5, 0.6) is 0 Å². The third kappa shape index (κ3) is 2.95. The van der Waals surface area contributed by atoms with E-state index >= 15 is 0 Å². The number of hydrogen-bond acceptors (Lipinski definition) is 3. The molecule has 0 radical (unpaired) electrons. The topological polar surface area (TPSA) is 47.1 Å². The molecule has 1 aromatic heterocycles. The van der Waals surface area contributed by atoms with E-state index in [-0.39, 0.29) is 0 Å². The number of anilines is 2. The van der Waals surface area contributed by atoms with Gasteiger partial charge in [-0.3, -0.25) is 4.68 Å². The fraction of sp³-hybridized carbons (Fsp3) is 0.438. The van der Waals surface area contributed by atoms with Crippen molar-refractivity contribution in [3.05, 3.63) is 41.6 Å². The molecule has 0 aliphatic rings. The Morgan fingerprint density at radius 1 is 1.20 bits per heavy atom. The largest absolute Gasteiger partial charge is 0.394 e. The standard InChI is InChI=1S/C16H24N4/c1-4-11-20(12-13-9-7-6-8-10-13)16-15(17)14(5-2)18-19(16)3/h6-10H,4-5,11-12,17H2,1-3H3. The number of benzene rings is 1. The van der Waals surface area contributed by atoms with Crippen LogP contribution in [0.1, 0.15) is 31.5 Å². The highest BCUT2D eigenvalue weighted by Gasteiger charge is 2.18. The predicted octanol–water partition coefficient (Wildman–Crippen LogP) is 2.98. The molecule has 20 heavy (non-hydrogen) atoms. The second-order valence-corrected chi connectivity index (χ2v) is 5.07. The van der Waals surface area contributed by atoms with Crippen molar-refractivity contribution in [1.29, 1.82) is 0 Å². The number of nitrogens with zero attached hydrogens (tertiary/aromatic N) is 3. The number of rotatable bonds is 6. The molecule has 0 unspecified atom stereocenters. The van der Waals surface area contributed by atoms with E-state index < -0.39 is 0 Å². The van der Waals surface area contributed by atoms with Crippen LogP contribution in [0.15, 0.2) is 30.3 Å². The quantitative estimate of drug-likeness (QED) is 0.879. The van der Waals surface area contributed by atoms with Gasteiger partial charge in [-0.1, -0.05) is 44.2 Å². The van der Waals surface area contributed by atoms with Crippen molar-refractivity contribution < 1.29 is 0 Å². The molecule has 0 amide bonds. The Balaban J connectivity index is 2.31. The van der Waals surface area contributed by atoms with Crippen LogP contribution < -0.4 is 10.6 Å².